The molecule has 0 rings (SSSR count). The summed E-state index contributed by atoms with van der Waals surface area (Å²) in [5.41, 5.74) is 0. The lowest BCUT2D eigenvalue weighted by molar-refractivity contribution is -0.120. The van der Waals surface area contributed by atoms with Crippen LogP contribution in [0.25, 0.3) is 0 Å². The number of carbonyl (C=O) groups is 1. The fraction of sp³-hybridized carbons (Fsp3) is 0.500. The van der Waals surface area contributed by atoms with E-state index < -0.39 is 11.9 Å². The minimum absolute atomic E-state index is 0.792. The van der Waals surface area contributed by atoms with Crippen LogP contribution in [0.4, 0.5) is 0 Å². The summed E-state index contributed by atoms with van der Waals surface area (Å²) in [6.07, 6.45) is -1.13. The topological polar surface area (TPSA) is 61.1 Å². The molecular formula is C4H5NO2. The molecule has 1 N–H and O–H groups in total. The molecule has 3 nitrogen and oxygen atoms in total. The summed E-state index contributed by atoms with van der Waals surface area (Å²) in [6.45, 7) is 1.26. The molecule has 0 aliphatic carbocycles. The molecule has 0 fully saturated rings. The van der Waals surface area contributed by atoms with Gasteiger partial charge < -0.3 is 5.11 Å². The van der Waals surface area contributed by atoms with Gasteiger partial charge in [-0.3, -0.25) is 4.79 Å². The zero-order valence-corrected chi connectivity index (χ0v) is 3.88. The average Bonchev–Trinajstić information content (AvgIpc) is 1.65. The molecule has 0 heterocycles. The van der Waals surface area contributed by atoms with Crippen molar-refractivity contribution < 1.29 is 9.90 Å². The van der Waals surface area contributed by atoms with E-state index in [-0.39, 0.29) is 0 Å². The van der Waals surface area contributed by atoms with Gasteiger partial charge in [-0.2, -0.15) is 5.26 Å². The summed E-state index contributed by atoms with van der Waals surface area (Å²) in [7, 11) is 0. The van der Waals surface area contributed by atoms with Gasteiger partial charge in [-0.05, 0) is 6.92 Å². The Morgan fingerprint density at radius 3 is 2.43 bits per heavy atom. The molecule has 0 aliphatic heterocycles. The Morgan fingerprint density at radius 2 is 2.43 bits per heavy atom. The minimum Gasteiger partial charge on any atom is -0.384 e. The van der Waals surface area contributed by atoms with E-state index in [0.29, 0.717) is 0 Å². The van der Waals surface area contributed by atoms with Crippen molar-refractivity contribution >= 4 is 5.78 Å². The lowest BCUT2D eigenvalue weighted by atomic mass is 10.3. The highest BCUT2D eigenvalue weighted by Gasteiger charge is 2.04. The van der Waals surface area contributed by atoms with Crippen molar-refractivity contribution in [1.29, 1.82) is 5.26 Å². The van der Waals surface area contributed by atoms with E-state index in [4.69, 9.17) is 10.4 Å². The fourth-order valence-corrected chi connectivity index (χ4v) is 0.0934. The Bertz CT molecular complexity index is 111. The molecule has 0 aromatic heterocycles. The molecule has 0 amide bonds. The molecule has 1 atom stereocenters. The lowest BCUT2D eigenvalue weighted by Gasteiger charge is -1.87. The van der Waals surface area contributed by atoms with E-state index >= 15 is 0 Å². The van der Waals surface area contributed by atoms with Gasteiger partial charge in [0.15, 0.2) is 0 Å². The van der Waals surface area contributed by atoms with Crippen LogP contribution in [-0.2, 0) is 4.79 Å². The van der Waals surface area contributed by atoms with Crippen LogP contribution >= 0.6 is 0 Å². The molecule has 0 aliphatic rings. The van der Waals surface area contributed by atoms with Crippen molar-refractivity contribution in [2.75, 3.05) is 0 Å². The van der Waals surface area contributed by atoms with Crippen molar-refractivity contribution in [3.63, 3.8) is 0 Å². The number of aliphatic hydroxyl groups excluding tert-OH is 1. The van der Waals surface area contributed by atoms with Gasteiger partial charge in [0.2, 0.25) is 0 Å². The first-order valence-electron chi connectivity index (χ1n) is 1.80. The number of Topliss-reactive ketones (excluding diaryl/α,β-unsaturated/α-hetero) is 1. The highest BCUT2D eigenvalue weighted by Crippen LogP contribution is 1.77. The largest absolute Gasteiger partial charge is 0.384 e. The van der Waals surface area contributed by atoms with Crippen LogP contribution in [0.2, 0.25) is 0 Å². The molecule has 3 heteroatoms. The van der Waals surface area contributed by atoms with Gasteiger partial charge in [0.1, 0.15) is 12.2 Å². The van der Waals surface area contributed by atoms with Crippen molar-refractivity contribution in [1.82, 2.24) is 0 Å². The summed E-state index contributed by atoms with van der Waals surface area (Å²) in [5.74, 6) is -0.792. The molecule has 0 bridgehead atoms. The molecule has 0 spiro atoms. The second-order valence-corrected chi connectivity index (χ2v) is 1.15. The standard InChI is InChI=1S/C4H5NO2/c1-3(6)4(7)2-5/h3,6H,1H3. The van der Waals surface area contributed by atoms with Gasteiger partial charge in [-0.1, -0.05) is 0 Å². The van der Waals surface area contributed by atoms with E-state index in [1.807, 2.05) is 0 Å². The minimum atomic E-state index is -1.13. The van der Waals surface area contributed by atoms with Gasteiger partial charge in [0.05, 0.1) is 0 Å². The Balaban J connectivity index is 3.64. The van der Waals surface area contributed by atoms with Crippen molar-refractivity contribution in [3.05, 3.63) is 0 Å². The van der Waals surface area contributed by atoms with Gasteiger partial charge >= 0.3 is 0 Å². The summed E-state index contributed by atoms with van der Waals surface area (Å²) >= 11 is 0. The van der Waals surface area contributed by atoms with Gasteiger partial charge in [-0.25, -0.2) is 0 Å². The van der Waals surface area contributed by atoms with Crippen LogP contribution in [-0.4, -0.2) is 17.0 Å². The van der Waals surface area contributed by atoms with Gasteiger partial charge in [-0.15, -0.1) is 0 Å². The second kappa shape index (κ2) is 2.32. The number of aliphatic hydroxyl groups is 1. The number of carbonyl (C=O) groups excluding carboxylic acids is 1. The molecule has 0 saturated carbocycles. The average molecular weight is 99.1 g/mol. The number of nitrogens with zero attached hydrogens (tertiary/aromatic N) is 1. The van der Waals surface area contributed by atoms with Gasteiger partial charge in [0, 0.05) is 0 Å². The summed E-state index contributed by atoms with van der Waals surface area (Å²) < 4.78 is 0. The quantitative estimate of drug-likeness (QED) is 0.449. The summed E-state index contributed by atoms with van der Waals surface area (Å²) in [5, 5.41) is 16.0. The molecule has 0 aromatic rings. The molecule has 0 saturated heterocycles. The van der Waals surface area contributed by atoms with Crippen LogP contribution in [0.5, 0.6) is 0 Å². The fourth-order valence-electron chi connectivity index (χ4n) is 0.0934. The predicted octanol–water partition coefficient (Wildman–Crippen LogP) is -0.540. The van der Waals surface area contributed by atoms with Crippen LogP contribution < -0.4 is 0 Å². The Labute approximate surface area is 41.2 Å². The molecular weight excluding hydrogens is 94.0 g/mol. The zero-order valence-electron chi connectivity index (χ0n) is 3.88. The normalized spacial score (nSPS) is 12.1. The van der Waals surface area contributed by atoms with Crippen molar-refractivity contribution in [3.8, 4) is 6.07 Å². The highest BCUT2D eigenvalue weighted by atomic mass is 16.3. The number of nitriles is 1. The summed E-state index contributed by atoms with van der Waals surface area (Å²) in [4.78, 5) is 9.90. The van der Waals surface area contributed by atoms with E-state index in [9.17, 15) is 4.79 Å². The van der Waals surface area contributed by atoms with Gasteiger partial charge in [0.25, 0.3) is 5.78 Å². The highest BCUT2D eigenvalue weighted by molar-refractivity contribution is 5.96. The molecule has 1 unspecified atom stereocenters. The van der Waals surface area contributed by atoms with Crippen molar-refractivity contribution in [2.24, 2.45) is 0 Å². The number of hydrogen-bond donors (Lipinski definition) is 1. The van der Waals surface area contributed by atoms with E-state index in [2.05, 4.69) is 0 Å². The third-order valence-electron chi connectivity index (χ3n) is 0.490. The van der Waals surface area contributed by atoms with E-state index in [1.165, 1.54) is 13.0 Å². The van der Waals surface area contributed by atoms with E-state index in [0.717, 1.165) is 0 Å². The van der Waals surface area contributed by atoms with Crippen LogP contribution in [0, 0.1) is 11.3 Å². The van der Waals surface area contributed by atoms with Crippen LogP contribution in [0.15, 0.2) is 0 Å². The first kappa shape index (κ1) is 6.12. The molecule has 0 radical (unpaired) electrons. The SMILES string of the molecule is CC(O)C(=O)C#N. The monoisotopic (exact) mass is 99.0 g/mol. The third kappa shape index (κ3) is 1.90. The smallest absolute Gasteiger partial charge is 0.259 e. The second-order valence-electron chi connectivity index (χ2n) is 1.15. The Morgan fingerprint density at radius 1 is 2.00 bits per heavy atom. The Hall–Kier alpha value is -0.880. The Kier molecular flexibility index (Phi) is 2.03. The number of ketones is 1. The maximum atomic E-state index is 9.90. The lowest BCUT2D eigenvalue weighted by Crippen LogP contribution is -2.12. The van der Waals surface area contributed by atoms with Crippen LogP contribution in [0.3, 0.4) is 0 Å². The maximum absolute atomic E-state index is 9.90. The first-order chi connectivity index (χ1) is 3.18. The number of rotatable bonds is 1. The van der Waals surface area contributed by atoms with E-state index in [1.54, 1.807) is 0 Å². The van der Waals surface area contributed by atoms with Crippen LogP contribution in [0.1, 0.15) is 6.92 Å². The predicted molar refractivity (Wildman–Crippen MR) is 22.3 cm³/mol. The number of hydrogen-bond acceptors (Lipinski definition) is 3. The summed E-state index contributed by atoms with van der Waals surface area (Å²) in [6, 6.07) is 1.28. The van der Waals surface area contributed by atoms with Crippen molar-refractivity contribution in [2.45, 2.75) is 13.0 Å². The maximum Gasteiger partial charge on any atom is 0.259 e. The molecule has 7 heavy (non-hydrogen) atoms. The zero-order chi connectivity index (χ0) is 5.86. The molecule has 0 aromatic carbocycles. The third-order valence-corrected chi connectivity index (χ3v) is 0.490. The first-order valence-corrected chi connectivity index (χ1v) is 1.80. The molecule has 38 valence electrons.